The van der Waals surface area contributed by atoms with E-state index in [1.54, 1.807) is 0 Å². The van der Waals surface area contributed by atoms with Gasteiger partial charge in [-0.05, 0) is 85.4 Å². The lowest BCUT2D eigenvalue weighted by atomic mass is 9.46. The summed E-state index contributed by atoms with van der Waals surface area (Å²) in [7, 11) is 2.05. The van der Waals surface area contributed by atoms with Crippen molar-refractivity contribution in [2.24, 2.45) is 40.4 Å². The number of carbonyl (C=O) groups excluding carboxylic acids is 1. The van der Waals surface area contributed by atoms with Gasteiger partial charge >= 0.3 is 0 Å². The van der Waals surface area contributed by atoms with Crippen molar-refractivity contribution >= 4 is 5.91 Å². The van der Waals surface area contributed by atoms with E-state index in [9.17, 15) is 9.90 Å². The Kier molecular flexibility index (Phi) is 4.26. The van der Waals surface area contributed by atoms with Gasteiger partial charge in [0.2, 0.25) is 5.91 Å². The first-order valence-corrected chi connectivity index (χ1v) is 10.7. The van der Waals surface area contributed by atoms with E-state index in [-0.39, 0.29) is 0 Å². The Morgan fingerprint density at radius 3 is 2.52 bits per heavy atom. The molecule has 0 aromatic heterocycles. The summed E-state index contributed by atoms with van der Waals surface area (Å²) >= 11 is 0. The van der Waals surface area contributed by atoms with Crippen LogP contribution in [0.4, 0.5) is 0 Å². The predicted octanol–water partition coefficient (Wildman–Crippen LogP) is 4.09. The first kappa shape index (κ1) is 17.8. The Labute approximate surface area is 153 Å². The molecule has 8 atom stereocenters. The Bertz CT molecular complexity index is 548. The van der Waals surface area contributed by atoms with E-state index >= 15 is 0 Å². The van der Waals surface area contributed by atoms with Crippen molar-refractivity contribution in [2.75, 3.05) is 13.7 Å². The summed E-state index contributed by atoms with van der Waals surface area (Å²) < 4.78 is 0. The molecule has 4 aliphatic rings. The molecule has 142 valence electrons. The maximum atomic E-state index is 12.2. The number of hydrogen-bond donors (Lipinski definition) is 1. The SMILES string of the molecule is CC(CO)[C@H]1CC[C@H]2[C@@H]3CC[C@H]4N(C)C(=O)CC[C@]4(C)[C@H]3CC[C@]12C. The molecule has 3 heteroatoms. The van der Waals surface area contributed by atoms with Crippen LogP contribution in [-0.2, 0) is 4.79 Å². The summed E-state index contributed by atoms with van der Waals surface area (Å²) in [6.07, 6.45) is 9.69. The van der Waals surface area contributed by atoms with Gasteiger partial charge in [0.1, 0.15) is 0 Å². The summed E-state index contributed by atoms with van der Waals surface area (Å²) in [6.45, 7) is 7.64. The van der Waals surface area contributed by atoms with Crippen molar-refractivity contribution in [3.63, 3.8) is 0 Å². The highest BCUT2D eigenvalue weighted by Gasteiger charge is 2.61. The molecule has 3 saturated carbocycles. The summed E-state index contributed by atoms with van der Waals surface area (Å²) in [5.41, 5.74) is 0.760. The van der Waals surface area contributed by atoms with Crippen molar-refractivity contribution < 1.29 is 9.90 Å². The van der Waals surface area contributed by atoms with Crippen LogP contribution in [0.2, 0.25) is 0 Å². The standard InChI is InChI=1S/C22H37NO2/c1-14(13-24)16-6-7-17-15-5-8-19-22(3,12-10-20(25)23(19)4)18(15)9-11-21(16,17)2/h14-19,24H,5-13H2,1-4H3/t14?,15-,16+,17-,18-,19+,21+,22+/m0/s1. The van der Waals surface area contributed by atoms with Crippen LogP contribution >= 0.6 is 0 Å². The number of piperidine rings is 1. The van der Waals surface area contributed by atoms with Crippen LogP contribution in [-0.4, -0.2) is 35.6 Å². The van der Waals surface area contributed by atoms with Gasteiger partial charge < -0.3 is 10.0 Å². The average Bonchev–Trinajstić information content (AvgIpc) is 2.95. The van der Waals surface area contributed by atoms with Gasteiger partial charge in [-0.3, -0.25) is 4.79 Å². The predicted molar refractivity (Wildman–Crippen MR) is 99.9 cm³/mol. The van der Waals surface area contributed by atoms with Crippen molar-refractivity contribution in [1.29, 1.82) is 0 Å². The van der Waals surface area contributed by atoms with Gasteiger partial charge in [-0.2, -0.15) is 0 Å². The van der Waals surface area contributed by atoms with Crippen LogP contribution < -0.4 is 0 Å². The van der Waals surface area contributed by atoms with Gasteiger partial charge in [-0.1, -0.05) is 20.8 Å². The monoisotopic (exact) mass is 347 g/mol. The molecular weight excluding hydrogens is 310 g/mol. The van der Waals surface area contributed by atoms with E-state index in [4.69, 9.17) is 0 Å². The summed E-state index contributed by atoms with van der Waals surface area (Å²) in [5.74, 6) is 3.98. The van der Waals surface area contributed by atoms with Crippen LogP contribution in [0.3, 0.4) is 0 Å². The molecule has 3 nitrogen and oxygen atoms in total. The van der Waals surface area contributed by atoms with E-state index in [0.29, 0.717) is 41.2 Å². The molecule has 0 radical (unpaired) electrons. The summed E-state index contributed by atoms with van der Waals surface area (Å²) in [5, 5.41) is 9.74. The fraction of sp³-hybridized carbons (Fsp3) is 0.955. The van der Waals surface area contributed by atoms with Crippen LogP contribution in [0, 0.1) is 40.4 Å². The van der Waals surface area contributed by atoms with E-state index in [2.05, 4.69) is 25.7 Å². The van der Waals surface area contributed by atoms with E-state index in [1.807, 2.05) is 7.05 Å². The molecule has 1 amide bonds. The number of likely N-dealkylation sites (tertiary alicyclic amines) is 1. The Hall–Kier alpha value is -0.570. The van der Waals surface area contributed by atoms with Crippen LogP contribution in [0.25, 0.3) is 0 Å². The number of hydrogen-bond acceptors (Lipinski definition) is 2. The molecule has 0 bridgehead atoms. The topological polar surface area (TPSA) is 40.5 Å². The average molecular weight is 348 g/mol. The highest BCUT2D eigenvalue weighted by molar-refractivity contribution is 5.77. The molecule has 1 saturated heterocycles. The van der Waals surface area contributed by atoms with Gasteiger partial charge in [0, 0.05) is 26.1 Å². The Morgan fingerprint density at radius 2 is 1.80 bits per heavy atom. The molecule has 0 aromatic rings. The fourth-order valence-electron chi connectivity index (χ4n) is 8.25. The zero-order chi connectivity index (χ0) is 18.0. The third-order valence-electron chi connectivity index (χ3n) is 9.61. The molecule has 0 spiro atoms. The molecule has 25 heavy (non-hydrogen) atoms. The number of rotatable bonds is 2. The van der Waals surface area contributed by atoms with Gasteiger partial charge in [0.15, 0.2) is 0 Å². The molecule has 1 unspecified atom stereocenters. The largest absolute Gasteiger partial charge is 0.396 e. The molecule has 1 aliphatic heterocycles. The van der Waals surface area contributed by atoms with Crippen LogP contribution in [0.5, 0.6) is 0 Å². The lowest BCUT2D eigenvalue weighted by molar-refractivity contribution is -0.159. The second-order valence-electron chi connectivity index (χ2n) is 10.4. The third kappa shape index (κ3) is 2.37. The molecular formula is C22H37NO2. The van der Waals surface area contributed by atoms with E-state index < -0.39 is 0 Å². The van der Waals surface area contributed by atoms with Gasteiger partial charge in [-0.15, -0.1) is 0 Å². The van der Waals surface area contributed by atoms with Gasteiger partial charge in [0.05, 0.1) is 0 Å². The van der Waals surface area contributed by atoms with E-state index in [1.165, 1.54) is 38.5 Å². The number of amides is 1. The second kappa shape index (κ2) is 5.97. The number of aliphatic hydroxyl groups is 1. The quantitative estimate of drug-likeness (QED) is 0.817. The normalized spacial score (nSPS) is 50.8. The minimum Gasteiger partial charge on any atom is -0.396 e. The van der Waals surface area contributed by atoms with Crippen molar-refractivity contribution in [3.8, 4) is 0 Å². The molecule has 1 heterocycles. The summed E-state index contributed by atoms with van der Waals surface area (Å²) in [6, 6.07) is 0.466. The van der Waals surface area contributed by atoms with Crippen molar-refractivity contribution in [1.82, 2.24) is 4.90 Å². The summed E-state index contributed by atoms with van der Waals surface area (Å²) in [4.78, 5) is 14.3. The van der Waals surface area contributed by atoms with E-state index in [0.717, 1.165) is 30.6 Å². The minimum absolute atomic E-state index is 0.327. The number of carbonyl (C=O) groups is 1. The molecule has 4 fully saturated rings. The molecule has 0 aromatic carbocycles. The second-order valence-corrected chi connectivity index (χ2v) is 10.4. The van der Waals surface area contributed by atoms with Crippen molar-refractivity contribution in [2.45, 2.75) is 78.2 Å². The number of aliphatic hydroxyl groups excluding tert-OH is 1. The third-order valence-corrected chi connectivity index (χ3v) is 9.61. The highest BCUT2D eigenvalue weighted by Crippen LogP contribution is 2.67. The van der Waals surface area contributed by atoms with Gasteiger partial charge in [-0.25, -0.2) is 0 Å². The Morgan fingerprint density at radius 1 is 1.08 bits per heavy atom. The molecule has 4 rings (SSSR count). The van der Waals surface area contributed by atoms with Crippen LogP contribution in [0.15, 0.2) is 0 Å². The lowest BCUT2D eigenvalue weighted by Crippen LogP contribution is -2.61. The first-order valence-electron chi connectivity index (χ1n) is 10.7. The van der Waals surface area contributed by atoms with Crippen LogP contribution in [0.1, 0.15) is 72.1 Å². The maximum absolute atomic E-state index is 12.2. The zero-order valence-electron chi connectivity index (χ0n) is 16.6. The zero-order valence-corrected chi connectivity index (χ0v) is 16.6. The number of nitrogens with zero attached hydrogens (tertiary/aromatic N) is 1. The van der Waals surface area contributed by atoms with Crippen molar-refractivity contribution in [3.05, 3.63) is 0 Å². The molecule has 1 N–H and O–H groups in total. The lowest BCUT2D eigenvalue weighted by Gasteiger charge is -2.62. The number of fused-ring (bicyclic) bond motifs is 5. The fourth-order valence-corrected chi connectivity index (χ4v) is 8.25. The molecule has 3 aliphatic carbocycles. The minimum atomic E-state index is 0.327. The Balaban J connectivity index is 1.61. The highest BCUT2D eigenvalue weighted by atomic mass is 16.3. The first-order chi connectivity index (χ1) is 11.8. The van der Waals surface area contributed by atoms with Gasteiger partial charge in [0.25, 0.3) is 0 Å². The maximum Gasteiger partial charge on any atom is 0.222 e. The smallest absolute Gasteiger partial charge is 0.222 e.